The largest absolute Gasteiger partial charge is 0.310 e. The van der Waals surface area contributed by atoms with Gasteiger partial charge in [-0.25, -0.2) is 4.98 Å². The lowest BCUT2D eigenvalue weighted by Crippen LogP contribution is -2.33. The lowest BCUT2D eigenvalue weighted by Gasteiger charge is -2.27. The number of allylic oxidation sites excluding steroid dienone is 6. The maximum atomic E-state index is 4.72. The lowest BCUT2D eigenvalue weighted by atomic mass is 10.0. The average molecular weight is 438 g/mol. The van der Waals surface area contributed by atoms with Gasteiger partial charge in [0.1, 0.15) is 5.82 Å². The smallest absolute Gasteiger partial charge is 0.137 e. The maximum absolute atomic E-state index is 4.72. The van der Waals surface area contributed by atoms with Crippen molar-refractivity contribution in [1.29, 1.82) is 0 Å². The zero-order valence-electron chi connectivity index (χ0n) is 18.7. The first-order valence-corrected chi connectivity index (χ1v) is 11.3. The van der Waals surface area contributed by atoms with E-state index >= 15 is 0 Å². The quantitative estimate of drug-likeness (QED) is 0.371. The minimum absolute atomic E-state index is 0.836. The first kappa shape index (κ1) is 20.0. The van der Waals surface area contributed by atoms with Gasteiger partial charge in [-0.1, -0.05) is 73.9 Å². The molecule has 2 aromatic heterocycles. The van der Waals surface area contributed by atoms with Crippen molar-refractivity contribution < 1.29 is 0 Å². The first-order chi connectivity index (χ1) is 16.8. The molecule has 34 heavy (non-hydrogen) atoms. The summed E-state index contributed by atoms with van der Waals surface area (Å²) in [4.78, 5) is 6.94. The highest BCUT2D eigenvalue weighted by atomic mass is 15.2. The molecule has 4 heterocycles. The van der Waals surface area contributed by atoms with Gasteiger partial charge in [0.05, 0.1) is 16.9 Å². The second kappa shape index (κ2) is 8.05. The molecule has 2 aliphatic rings. The van der Waals surface area contributed by atoms with E-state index in [-0.39, 0.29) is 0 Å². The Morgan fingerprint density at radius 2 is 1.76 bits per heavy atom. The first-order valence-electron chi connectivity index (χ1n) is 11.3. The second-order valence-corrected chi connectivity index (χ2v) is 8.27. The molecule has 0 radical (unpaired) electrons. The molecule has 4 aromatic rings. The van der Waals surface area contributed by atoms with Crippen molar-refractivity contribution in [1.82, 2.24) is 9.55 Å². The van der Waals surface area contributed by atoms with Crippen LogP contribution in [0.3, 0.4) is 0 Å². The van der Waals surface area contributed by atoms with E-state index in [2.05, 4.69) is 108 Å². The van der Waals surface area contributed by atoms with Crippen LogP contribution in [0, 0.1) is 0 Å². The molecule has 0 atom stereocenters. The van der Waals surface area contributed by atoms with Crippen LogP contribution in [-0.4, -0.2) is 9.55 Å². The number of hydrogen-bond donors (Lipinski definition) is 0. The van der Waals surface area contributed by atoms with Crippen LogP contribution in [0.1, 0.15) is 11.3 Å². The Morgan fingerprint density at radius 1 is 0.882 bits per heavy atom. The van der Waals surface area contributed by atoms with Gasteiger partial charge in [0.15, 0.2) is 0 Å². The van der Waals surface area contributed by atoms with Crippen molar-refractivity contribution in [2.24, 2.45) is 0 Å². The van der Waals surface area contributed by atoms with Gasteiger partial charge in [-0.15, -0.1) is 0 Å². The van der Waals surface area contributed by atoms with Gasteiger partial charge in [0.25, 0.3) is 0 Å². The van der Waals surface area contributed by atoms with E-state index in [0.29, 0.717) is 0 Å². The maximum Gasteiger partial charge on any atom is 0.137 e. The number of aromatic nitrogens is 2. The Morgan fingerprint density at radius 3 is 2.62 bits per heavy atom. The summed E-state index contributed by atoms with van der Waals surface area (Å²) in [7, 11) is 0. The molecular weight excluding hydrogens is 414 g/mol. The molecule has 0 spiro atoms. The lowest BCUT2D eigenvalue weighted by molar-refractivity contribution is 1.11. The molecule has 0 amide bonds. The Balaban J connectivity index is 1.85. The highest BCUT2D eigenvalue weighted by molar-refractivity contribution is 5.98. The average Bonchev–Trinajstić information content (AvgIpc) is 3.15. The van der Waals surface area contributed by atoms with Crippen molar-refractivity contribution in [2.75, 3.05) is 4.90 Å². The summed E-state index contributed by atoms with van der Waals surface area (Å²) in [5, 5.41) is 3.48. The number of fused-ring (bicyclic) bond motifs is 4. The second-order valence-electron chi connectivity index (χ2n) is 8.27. The van der Waals surface area contributed by atoms with Gasteiger partial charge in [-0.2, -0.15) is 0 Å². The van der Waals surface area contributed by atoms with Crippen LogP contribution in [0.5, 0.6) is 0 Å². The normalized spacial score (nSPS) is 17.8. The summed E-state index contributed by atoms with van der Waals surface area (Å²) in [6.07, 6.45) is 18.7. The van der Waals surface area contributed by atoms with Crippen LogP contribution in [0.25, 0.3) is 34.8 Å². The molecule has 0 saturated carbocycles. The minimum atomic E-state index is 0.836. The van der Waals surface area contributed by atoms with E-state index in [1.165, 1.54) is 5.39 Å². The van der Waals surface area contributed by atoms with E-state index < -0.39 is 0 Å². The molecule has 3 heteroatoms. The minimum Gasteiger partial charge on any atom is -0.310 e. The van der Waals surface area contributed by atoms with E-state index in [9.17, 15) is 0 Å². The summed E-state index contributed by atoms with van der Waals surface area (Å²) in [6, 6.07) is 20.9. The van der Waals surface area contributed by atoms with Crippen molar-refractivity contribution in [3.05, 3.63) is 138 Å². The third-order valence-corrected chi connectivity index (χ3v) is 6.31. The van der Waals surface area contributed by atoms with E-state index in [1.54, 1.807) is 0 Å². The van der Waals surface area contributed by atoms with Crippen LogP contribution in [-0.2, 0) is 0 Å². The Kier molecular flexibility index (Phi) is 4.74. The van der Waals surface area contributed by atoms with Crippen molar-refractivity contribution in [3.63, 3.8) is 0 Å². The number of hydrogen-bond acceptors (Lipinski definition) is 2. The highest BCUT2D eigenvalue weighted by Gasteiger charge is 2.22. The molecule has 6 rings (SSSR count). The third kappa shape index (κ3) is 3.10. The molecule has 162 valence electrons. The van der Waals surface area contributed by atoms with Gasteiger partial charge < -0.3 is 4.57 Å². The summed E-state index contributed by atoms with van der Waals surface area (Å²) in [6.45, 7) is 8.31. The van der Waals surface area contributed by atoms with Crippen LogP contribution < -0.4 is 15.3 Å². The van der Waals surface area contributed by atoms with Crippen molar-refractivity contribution in [3.8, 4) is 0 Å². The summed E-state index contributed by atoms with van der Waals surface area (Å²) in [5.74, 6) is 0.864. The molecule has 3 nitrogen and oxygen atoms in total. The molecule has 0 fully saturated rings. The van der Waals surface area contributed by atoms with Crippen molar-refractivity contribution >= 4 is 46.3 Å². The van der Waals surface area contributed by atoms with Crippen LogP contribution in [0.4, 0.5) is 11.5 Å². The van der Waals surface area contributed by atoms with E-state index in [0.717, 1.165) is 50.1 Å². The van der Waals surface area contributed by atoms with Gasteiger partial charge in [-0.3, -0.25) is 4.90 Å². The number of anilines is 2. The zero-order valence-corrected chi connectivity index (χ0v) is 18.7. The molecule has 0 aliphatic carbocycles. The summed E-state index contributed by atoms with van der Waals surface area (Å²) >= 11 is 0. The molecule has 0 saturated heterocycles. The molecular formula is C31H23N3. The topological polar surface area (TPSA) is 21.1 Å². The standard InChI is InChI=1S/C31H23N3/c1-3-22(2)33-28-16-8-7-15-25(28)27-21-26-23-12-5-4-6-14-24(20-30(27)33)34(29(26)17-11-13-23)31-18-9-10-19-32-31/h3-21H,1-2H2/b5-4-,6-4?,12-5?,14-6+,23-12-,24-14?,24-20?,26-21-,27-21?,30-20?. The fourth-order valence-corrected chi connectivity index (χ4v) is 4.78. The fourth-order valence-electron chi connectivity index (χ4n) is 4.78. The highest BCUT2D eigenvalue weighted by Crippen LogP contribution is 2.35. The Labute approximate surface area is 198 Å². The third-order valence-electron chi connectivity index (χ3n) is 6.31. The molecule has 0 unspecified atom stereocenters. The van der Waals surface area contributed by atoms with Crippen LogP contribution >= 0.6 is 0 Å². The monoisotopic (exact) mass is 437 g/mol. The van der Waals surface area contributed by atoms with E-state index in [1.807, 2.05) is 30.5 Å². The van der Waals surface area contributed by atoms with Crippen LogP contribution in [0.15, 0.2) is 116 Å². The zero-order chi connectivity index (χ0) is 23.1. The molecule has 0 N–H and O–H groups in total. The van der Waals surface area contributed by atoms with Gasteiger partial charge in [0, 0.05) is 33.8 Å². The molecule has 2 aliphatic heterocycles. The van der Waals surface area contributed by atoms with E-state index in [4.69, 9.17) is 4.98 Å². The number of rotatable bonds is 3. The molecule has 2 aromatic carbocycles. The molecule has 4 bridgehead atoms. The Hall–Kier alpha value is -4.63. The van der Waals surface area contributed by atoms with Gasteiger partial charge in [0.2, 0.25) is 0 Å². The SMILES string of the molecule is C=CC(=C)n1c2c(c3ccccc31)\C=c1/c3ccc/c1=C/C=C\C=C\C(=C2)N3c1ccccn1. The summed E-state index contributed by atoms with van der Waals surface area (Å²) < 4.78 is 2.19. The van der Waals surface area contributed by atoms with Crippen LogP contribution in [0.2, 0.25) is 0 Å². The van der Waals surface area contributed by atoms with Gasteiger partial charge >= 0.3 is 0 Å². The predicted octanol–water partition coefficient (Wildman–Crippen LogP) is 5.92. The van der Waals surface area contributed by atoms with Crippen molar-refractivity contribution in [2.45, 2.75) is 0 Å². The predicted molar refractivity (Wildman–Crippen MR) is 144 cm³/mol. The van der Waals surface area contributed by atoms with Gasteiger partial charge in [-0.05, 0) is 53.8 Å². The fraction of sp³-hybridized carbons (Fsp3) is 0. The summed E-state index contributed by atoms with van der Waals surface area (Å²) in [5.41, 5.74) is 6.27. The number of para-hydroxylation sites is 1. The number of pyridine rings is 1. The number of benzene rings is 2. The Bertz CT molecular complexity index is 1680. The number of nitrogens with zero attached hydrogens (tertiary/aromatic N) is 3.